The zero-order valence-corrected chi connectivity index (χ0v) is 14.0. The smallest absolute Gasteiger partial charge is 0.257 e. The lowest BCUT2D eigenvalue weighted by Crippen LogP contribution is -2.28. The minimum Gasteiger partial charge on any atom is -0.497 e. The van der Waals surface area contributed by atoms with Gasteiger partial charge in [0.15, 0.2) is 11.5 Å². The molecule has 0 saturated carbocycles. The molecule has 0 radical (unpaired) electrons. The first-order valence-corrected chi connectivity index (χ1v) is 8.02. The molecule has 2 N–H and O–H groups in total. The molecule has 0 aliphatic carbocycles. The average Bonchev–Trinajstić information content (AvgIpc) is 3.14. The number of benzene rings is 2. The van der Waals surface area contributed by atoms with E-state index in [9.17, 15) is 9.59 Å². The summed E-state index contributed by atoms with van der Waals surface area (Å²) in [5.74, 6) is 1.52. The Morgan fingerprint density at radius 2 is 2.04 bits per heavy atom. The molecule has 1 aromatic heterocycles. The molecule has 7 nitrogen and oxygen atoms in total. The van der Waals surface area contributed by atoms with Crippen molar-refractivity contribution in [3.63, 3.8) is 0 Å². The van der Waals surface area contributed by atoms with Crippen LogP contribution >= 0.6 is 0 Å². The molecule has 4 rings (SSSR count). The standard InChI is InChI=1S/C19H16N2O5/c1-24-12-3-4-13-15(7-12)20-9-14(18(13)22)19(23)21-8-11-2-5-16-17(6-11)26-10-25-16/h2-7,9H,8,10H2,1H3,(H,20,22)(H,21,23). The van der Waals surface area contributed by atoms with Crippen LogP contribution in [0.4, 0.5) is 0 Å². The molecule has 0 atom stereocenters. The van der Waals surface area contributed by atoms with Gasteiger partial charge in [-0.2, -0.15) is 0 Å². The number of hydrogen-bond donors (Lipinski definition) is 2. The Balaban J connectivity index is 1.54. The number of fused-ring (bicyclic) bond motifs is 2. The van der Waals surface area contributed by atoms with Crippen molar-refractivity contribution in [3.8, 4) is 17.2 Å². The number of H-pyrrole nitrogens is 1. The number of amides is 1. The van der Waals surface area contributed by atoms with Crippen molar-refractivity contribution in [2.24, 2.45) is 0 Å². The second kappa shape index (κ2) is 6.44. The number of carbonyl (C=O) groups excluding carboxylic acids is 1. The molecular formula is C19H16N2O5. The Kier molecular flexibility index (Phi) is 3.96. The zero-order valence-electron chi connectivity index (χ0n) is 14.0. The Labute approximate surface area is 148 Å². The fourth-order valence-corrected chi connectivity index (χ4v) is 2.83. The predicted molar refractivity (Wildman–Crippen MR) is 94.9 cm³/mol. The Morgan fingerprint density at radius 1 is 1.19 bits per heavy atom. The third kappa shape index (κ3) is 2.83. The molecule has 26 heavy (non-hydrogen) atoms. The lowest BCUT2D eigenvalue weighted by molar-refractivity contribution is 0.0949. The van der Waals surface area contributed by atoms with E-state index in [2.05, 4.69) is 10.3 Å². The number of hydrogen-bond acceptors (Lipinski definition) is 5. The summed E-state index contributed by atoms with van der Waals surface area (Å²) in [7, 11) is 1.55. The second-order valence-corrected chi connectivity index (χ2v) is 5.81. The van der Waals surface area contributed by atoms with Gasteiger partial charge in [0.2, 0.25) is 12.2 Å². The maximum atomic E-state index is 12.6. The first-order chi connectivity index (χ1) is 12.7. The molecule has 0 fully saturated rings. The summed E-state index contributed by atoms with van der Waals surface area (Å²) >= 11 is 0. The van der Waals surface area contributed by atoms with E-state index in [1.807, 2.05) is 6.07 Å². The summed E-state index contributed by atoms with van der Waals surface area (Å²) in [6, 6.07) is 10.5. The Bertz CT molecular complexity index is 1060. The topological polar surface area (TPSA) is 89.7 Å². The van der Waals surface area contributed by atoms with Crippen molar-refractivity contribution < 1.29 is 19.0 Å². The van der Waals surface area contributed by atoms with Crippen LogP contribution in [0, 0.1) is 0 Å². The van der Waals surface area contributed by atoms with E-state index in [1.54, 1.807) is 37.4 Å². The summed E-state index contributed by atoms with van der Waals surface area (Å²) in [5, 5.41) is 3.19. The molecule has 3 aromatic rings. The van der Waals surface area contributed by atoms with Gasteiger partial charge in [0.25, 0.3) is 5.91 Å². The maximum Gasteiger partial charge on any atom is 0.257 e. The molecule has 132 valence electrons. The minimum atomic E-state index is -0.443. The van der Waals surface area contributed by atoms with Crippen molar-refractivity contribution in [1.82, 2.24) is 10.3 Å². The quantitative estimate of drug-likeness (QED) is 0.751. The van der Waals surface area contributed by atoms with Gasteiger partial charge in [-0.3, -0.25) is 9.59 Å². The summed E-state index contributed by atoms with van der Waals surface area (Å²) < 4.78 is 15.7. The van der Waals surface area contributed by atoms with E-state index in [0.717, 1.165) is 5.56 Å². The van der Waals surface area contributed by atoms with Crippen LogP contribution in [0.15, 0.2) is 47.4 Å². The van der Waals surface area contributed by atoms with E-state index in [1.165, 1.54) is 6.20 Å². The van der Waals surface area contributed by atoms with Crippen LogP contribution in [0.1, 0.15) is 15.9 Å². The molecule has 2 heterocycles. The van der Waals surface area contributed by atoms with E-state index in [0.29, 0.717) is 28.2 Å². The number of rotatable bonds is 4. The summed E-state index contributed by atoms with van der Waals surface area (Å²) in [6.07, 6.45) is 1.42. The number of ether oxygens (including phenoxy) is 3. The minimum absolute atomic E-state index is 0.0587. The Morgan fingerprint density at radius 3 is 2.88 bits per heavy atom. The summed E-state index contributed by atoms with van der Waals surface area (Å²) in [4.78, 5) is 28.0. The number of nitrogens with one attached hydrogen (secondary N) is 2. The van der Waals surface area contributed by atoms with Gasteiger partial charge >= 0.3 is 0 Å². The van der Waals surface area contributed by atoms with Crippen molar-refractivity contribution in [2.75, 3.05) is 13.9 Å². The van der Waals surface area contributed by atoms with Gasteiger partial charge in [0.1, 0.15) is 11.3 Å². The molecule has 1 aliphatic heterocycles. The third-order valence-corrected chi connectivity index (χ3v) is 4.22. The van der Waals surface area contributed by atoms with Crippen molar-refractivity contribution >= 4 is 16.8 Å². The van der Waals surface area contributed by atoms with Crippen LogP contribution in [0.3, 0.4) is 0 Å². The molecule has 1 amide bonds. The lowest BCUT2D eigenvalue weighted by atomic mass is 10.1. The van der Waals surface area contributed by atoms with Crippen molar-refractivity contribution in [2.45, 2.75) is 6.54 Å². The first-order valence-electron chi connectivity index (χ1n) is 8.02. The van der Waals surface area contributed by atoms with Gasteiger partial charge in [0, 0.05) is 24.2 Å². The van der Waals surface area contributed by atoms with Gasteiger partial charge in [-0.1, -0.05) is 6.07 Å². The number of methoxy groups -OCH3 is 1. The van der Waals surface area contributed by atoms with E-state index < -0.39 is 5.91 Å². The summed E-state index contributed by atoms with van der Waals surface area (Å²) in [6.45, 7) is 0.470. The fourth-order valence-electron chi connectivity index (χ4n) is 2.83. The SMILES string of the molecule is COc1ccc2c(=O)c(C(=O)NCc3ccc4c(c3)OCO4)c[nH]c2c1. The van der Waals surface area contributed by atoms with Crippen LogP contribution in [0.2, 0.25) is 0 Å². The molecule has 1 aliphatic rings. The van der Waals surface area contributed by atoms with Gasteiger partial charge in [-0.05, 0) is 29.8 Å². The number of aromatic amines is 1. The molecule has 0 spiro atoms. The average molecular weight is 352 g/mol. The van der Waals surface area contributed by atoms with E-state index in [-0.39, 0.29) is 24.3 Å². The molecule has 2 aromatic carbocycles. The number of pyridine rings is 1. The number of carbonyl (C=O) groups is 1. The molecular weight excluding hydrogens is 336 g/mol. The molecule has 0 saturated heterocycles. The predicted octanol–water partition coefficient (Wildman–Crippen LogP) is 2.20. The molecule has 7 heteroatoms. The fraction of sp³-hybridized carbons (Fsp3) is 0.158. The normalized spacial score (nSPS) is 12.2. The van der Waals surface area contributed by atoms with E-state index in [4.69, 9.17) is 14.2 Å². The van der Waals surface area contributed by atoms with Crippen molar-refractivity contribution in [1.29, 1.82) is 0 Å². The van der Waals surface area contributed by atoms with Crippen LogP contribution in [0.5, 0.6) is 17.2 Å². The highest BCUT2D eigenvalue weighted by atomic mass is 16.7. The van der Waals surface area contributed by atoms with Crippen LogP contribution < -0.4 is 25.0 Å². The largest absolute Gasteiger partial charge is 0.497 e. The van der Waals surface area contributed by atoms with Gasteiger partial charge in [0.05, 0.1) is 12.6 Å². The lowest BCUT2D eigenvalue weighted by Gasteiger charge is -2.07. The molecule has 0 unspecified atom stereocenters. The second-order valence-electron chi connectivity index (χ2n) is 5.81. The highest BCUT2D eigenvalue weighted by molar-refractivity contribution is 5.97. The highest BCUT2D eigenvalue weighted by Gasteiger charge is 2.15. The van der Waals surface area contributed by atoms with Gasteiger partial charge in [-0.25, -0.2) is 0 Å². The van der Waals surface area contributed by atoms with Crippen LogP contribution in [-0.2, 0) is 6.54 Å². The molecule has 0 bridgehead atoms. The van der Waals surface area contributed by atoms with Crippen LogP contribution in [-0.4, -0.2) is 24.8 Å². The van der Waals surface area contributed by atoms with Crippen LogP contribution in [0.25, 0.3) is 10.9 Å². The maximum absolute atomic E-state index is 12.6. The summed E-state index contributed by atoms with van der Waals surface area (Å²) in [5.41, 5.74) is 1.19. The van der Waals surface area contributed by atoms with E-state index >= 15 is 0 Å². The Hall–Kier alpha value is -3.48. The first kappa shape index (κ1) is 16.0. The van der Waals surface area contributed by atoms with Gasteiger partial charge < -0.3 is 24.5 Å². The van der Waals surface area contributed by atoms with Crippen molar-refractivity contribution in [3.05, 3.63) is 63.9 Å². The monoisotopic (exact) mass is 352 g/mol. The zero-order chi connectivity index (χ0) is 18.1. The number of aromatic nitrogens is 1. The highest BCUT2D eigenvalue weighted by Crippen LogP contribution is 2.32. The third-order valence-electron chi connectivity index (χ3n) is 4.22. The van der Waals surface area contributed by atoms with Gasteiger partial charge in [-0.15, -0.1) is 0 Å².